The summed E-state index contributed by atoms with van der Waals surface area (Å²) >= 11 is 0. The van der Waals surface area contributed by atoms with Gasteiger partial charge in [-0.05, 0) is 44.2 Å². The van der Waals surface area contributed by atoms with Crippen molar-refractivity contribution in [1.29, 1.82) is 0 Å². The van der Waals surface area contributed by atoms with Gasteiger partial charge in [-0.1, -0.05) is 20.8 Å². The largest absolute Gasteiger partial charge is 0.381 e. The van der Waals surface area contributed by atoms with E-state index >= 15 is 0 Å². The van der Waals surface area contributed by atoms with Gasteiger partial charge in [0.1, 0.15) is 0 Å². The van der Waals surface area contributed by atoms with Crippen LogP contribution in [-0.4, -0.2) is 64.1 Å². The van der Waals surface area contributed by atoms with E-state index in [9.17, 15) is 0 Å². The van der Waals surface area contributed by atoms with Crippen molar-refractivity contribution in [2.75, 3.05) is 59.2 Å². The summed E-state index contributed by atoms with van der Waals surface area (Å²) in [4.78, 5) is 2.54. The molecule has 1 rings (SSSR count). The van der Waals surface area contributed by atoms with Gasteiger partial charge in [0.15, 0.2) is 0 Å². The first-order chi connectivity index (χ1) is 10.1. The molecule has 0 saturated carbocycles. The minimum Gasteiger partial charge on any atom is -0.381 e. The molecule has 0 atom stereocenters. The molecule has 0 aromatic rings. The van der Waals surface area contributed by atoms with E-state index in [2.05, 4.69) is 37.9 Å². The molecule has 1 aliphatic rings. The van der Waals surface area contributed by atoms with E-state index in [0.717, 1.165) is 59.2 Å². The van der Waals surface area contributed by atoms with Gasteiger partial charge >= 0.3 is 0 Å². The SMILES string of the molecule is CCOCCN(CC)CC1(CNCC(C)C)CCOCC1. The number of rotatable bonds is 11. The van der Waals surface area contributed by atoms with Crippen LogP contribution in [0, 0.1) is 11.3 Å². The fourth-order valence-corrected chi connectivity index (χ4v) is 2.98. The maximum absolute atomic E-state index is 5.59. The van der Waals surface area contributed by atoms with Gasteiger partial charge < -0.3 is 19.7 Å². The molecule has 1 fully saturated rings. The van der Waals surface area contributed by atoms with Gasteiger partial charge in [0.25, 0.3) is 0 Å². The standard InChI is InChI=1S/C17H36N2O2/c1-5-19(9-12-20-6-2)15-17(7-10-21-11-8-17)14-18-13-16(3)4/h16,18H,5-15H2,1-4H3. The molecular formula is C17H36N2O2. The van der Waals surface area contributed by atoms with E-state index in [0.29, 0.717) is 11.3 Å². The van der Waals surface area contributed by atoms with E-state index in [-0.39, 0.29) is 0 Å². The molecule has 0 amide bonds. The molecule has 0 aromatic carbocycles. The number of nitrogens with one attached hydrogen (secondary N) is 1. The maximum Gasteiger partial charge on any atom is 0.0593 e. The quantitative estimate of drug-likeness (QED) is 0.594. The minimum atomic E-state index is 0.370. The molecule has 0 aliphatic carbocycles. The third-order valence-corrected chi connectivity index (χ3v) is 4.37. The predicted molar refractivity (Wildman–Crippen MR) is 88.8 cm³/mol. The minimum absolute atomic E-state index is 0.370. The normalized spacial score (nSPS) is 18.6. The van der Waals surface area contributed by atoms with Crippen molar-refractivity contribution in [3.63, 3.8) is 0 Å². The Morgan fingerprint density at radius 2 is 1.95 bits per heavy atom. The highest BCUT2D eigenvalue weighted by molar-refractivity contribution is 4.87. The Bertz CT molecular complexity index is 253. The highest BCUT2D eigenvalue weighted by Gasteiger charge is 2.33. The Kier molecular flexibility index (Phi) is 9.49. The lowest BCUT2D eigenvalue weighted by molar-refractivity contribution is -0.00806. The zero-order valence-electron chi connectivity index (χ0n) is 14.6. The lowest BCUT2D eigenvalue weighted by Gasteiger charge is -2.41. The first-order valence-electron chi connectivity index (χ1n) is 8.70. The van der Waals surface area contributed by atoms with Crippen molar-refractivity contribution in [2.45, 2.75) is 40.5 Å². The van der Waals surface area contributed by atoms with E-state index in [4.69, 9.17) is 9.47 Å². The predicted octanol–water partition coefficient (Wildman–Crippen LogP) is 2.39. The molecule has 4 heteroatoms. The fourth-order valence-electron chi connectivity index (χ4n) is 2.98. The van der Waals surface area contributed by atoms with E-state index in [1.165, 1.54) is 12.8 Å². The molecule has 0 radical (unpaired) electrons. The average molecular weight is 300 g/mol. The molecule has 1 heterocycles. The first kappa shape index (κ1) is 18.9. The second-order valence-corrected chi connectivity index (χ2v) is 6.70. The van der Waals surface area contributed by atoms with E-state index in [1.54, 1.807) is 0 Å². The first-order valence-corrected chi connectivity index (χ1v) is 8.70. The topological polar surface area (TPSA) is 33.7 Å². The van der Waals surface area contributed by atoms with Crippen LogP contribution in [0.1, 0.15) is 40.5 Å². The maximum atomic E-state index is 5.59. The van der Waals surface area contributed by atoms with E-state index in [1.807, 2.05) is 0 Å². The molecule has 4 nitrogen and oxygen atoms in total. The van der Waals surface area contributed by atoms with Crippen LogP contribution in [0.4, 0.5) is 0 Å². The van der Waals surface area contributed by atoms with Gasteiger partial charge in [-0.3, -0.25) is 0 Å². The van der Waals surface area contributed by atoms with Crippen LogP contribution in [0.3, 0.4) is 0 Å². The number of hydrogen-bond donors (Lipinski definition) is 1. The van der Waals surface area contributed by atoms with Crippen molar-refractivity contribution >= 4 is 0 Å². The van der Waals surface area contributed by atoms with Crippen molar-refractivity contribution in [3.8, 4) is 0 Å². The van der Waals surface area contributed by atoms with Crippen molar-refractivity contribution in [2.24, 2.45) is 11.3 Å². The molecule has 126 valence electrons. The summed E-state index contributed by atoms with van der Waals surface area (Å²) in [6, 6.07) is 0. The summed E-state index contributed by atoms with van der Waals surface area (Å²) in [5.41, 5.74) is 0.370. The smallest absolute Gasteiger partial charge is 0.0593 e. The second kappa shape index (κ2) is 10.5. The third kappa shape index (κ3) is 7.59. The second-order valence-electron chi connectivity index (χ2n) is 6.70. The summed E-state index contributed by atoms with van der Waals surface area (Å²) in [6.07, 6.45) is 2.34. The number of ether oxygens (including phenoxy) is 2. The highest BCUT2D eigenvalue weighted by Crippen LogP contribution is 2.31. The van der Waals surface area contributed by atoms with Gasteiger partial charge in [0, 0.05) is 39.5 Å². The molecular weight excluding hydrogens is 264 g/mol. The van der Waals surface area contributed by atoms with Crippen LogP contribution < -0.4 is 5.32 Å². The van der Waals surface area contributed by atoms with Gasteiger partial charge in [-0.2, -0.15) is 0 Å². The molecule has 1 saturated heterocycles. The van der Waals surface area contributed by atoms with Gasteiger partial charge in [-0.25, -0.2) is 0 Å². The lowest BCUT2D eigenvalue weighted by Crippen LogP contribution is -2.48. The van der Waals surface area contributed by atoms with Crippen molar-refractivity contribution < 1.29 is 9.47 Å². The Labute approximate surface area is 131 Å². The van der Waals surface area contributed by atoms with Crippen LogP contribution in [-0.2, 0) is 9.47 Å². The van der Waals surface area contributed by atoms with Crippen LogP contribution in [0.15, 0.2) is 0 Å². The molecule has 0 spiro atoms. The van der Waals surface area contributed by atoms with Crippen LogP contribution in [0.2, 0.25) is 0 Å². The van der Waals surface area contributed by atoms with Crippen LogP contribution in [0.25, 0.3) is 0 Å². The van der Waals surface area contributed by atoms with Gasteiger partial charge in [0.2, 0.25) is 0 Å². The fraction of sp³-hybridized carbons (Fsp3) is 1.00. The highest BCUT2D eigenvalue weighted by atomic mass is 16.5. The Balaban J connectivity index is 2.49. The summed E-state index contributed by atoms with van der Waals surface area (Å²) in [5.74, 6) is 0.710. The molecule has 1 N–H and O–H groups in total. The third-order valence-electron chi connectivity index (χ3n) is 4.37. The summed E-state index contributed by atoms with van der Waals surface area (Å²) in [5, 5.41) is 3.68. The summed E-state index contributed by atoms with van der Waals surface area (Å²) < 4.78 is 11.1. The zero-order chi connectivity index (χ0) is 15.6. The van der Waals surface area contributed by atoms with Gasteiger partial charge in [0.05, 0.1) is 6.61 Å². The molecule has 0 bridgehead atoms. The number of likely N-dealkylation sites (N-methyl/N-ethyl adjacent to an activating group) is 1. The Hall–Kier alpha value is -0.160. The van der Waals surface area contributed by atoms with Crippen LogP contribution >= 0.6 is 0 Å². The van der Waals surface area contributed by atoms with Crippen molar-refractivity contribution in [3.05, 3.63) is 0 Å². The van der Waals surface area contributed by atoms with Gasteiger partial charge in [-0.15, -0.1) is 0 Å². The van der Waals surface area contributed by atoms with Crippen molar-refractivity contribution in [1.82, 2.24) is 10.2 Å². The number of hydrogen-bond acceptors (Lipinski definition) is 4. The lowest BCUT2D eigenvalue weighted by atomic mass is 9.79. The number of nitrogens with zero attached hydrogens (tertiary/aromatic N) is 1. The Morgan fingerprint density at radius 3 is 2.52 bits per heavy atom. The molecule has 1 aliphatic heterocycles. The average Bonchev–Trinajstić information content (AvgIpc) is 2.47. The molecule has 0 unspecified atom stereocenters. The Morgan fingerprint density at radius 1 is 1.24 bits per heavy atom. The summed E-state index contributed by atoms with van der Waals surface area (Å²) in [6.45, 7) is 17.8. The van der Waals surface area contributed by atoms with Crippen LogP contribution in [0.5, 0.6) is 0 Å². The monoisotopic (exact) mass is 300 g/mol. The molecule has 21 heavy (non-hydrogen) atoms. The molecule has 0 aromatic heterocycles. The summed E-state index contributed by atoms with van der Waals surface area (Å²) in [7, 11) is 0. The zero-order valence-corrected chi connectivity index (χ0v) is 14.6. The van der Waals surface area contributed by atoms with E-state index < -0.39 is 0 Å².